The molecule has 1 N–H and O–H groups in total. The molecule has 0 radical (unpaired) electrons. The van der Waals surface area contributed by atoms with Crippen LogP contribution in [-0.2, 0) is 0 Å². The predicted molar refractivity (Wildman–Crippen MR) is 87.8 cm³/mol. The second kappa shape index (κ2) is 6.69. The van der Waals surface area contributed by atoms with Gasteiger partial charge >= 0.3 is 0 Å². The van der Waals surface area contributed by atoms with Gasteiger partial charge in [-0.3, -0.25) is 0 Å². The molecule has 0 amide bonds. The molecule has 1 heterocycles. The highest BCUT2D eigenvalue weighted by atomic mass is 79.9. The van der Waals surface area contributed by atoms with Gasteiger partial charge in [0.15, 0.2) is 0 Å². The number of thiophene rings is 1. The molecule has 19 heavy (non-hydrogen) atoms. The smallest absolute Gasteiger partial charge is 0.0391 e. The van der Waals surface area contributed by atoms with Crippen LogP contribution < -0.4 is 5.32 Å². The third kappa shape index (κ3) is 3.91. The van der Waals surface area contributed by atoms with E-state index < -0.39 is 0 Å². The van der Waals surface area contributed by atoms with Gasteiger partial charge in [0.05, 0.1) is 0 Å². The van der Waals surface area contributed by atoms with E-state index in [9.17, 15) is 0 Å². The monoisotopic (exact) mass is 337 g/mol. The molecule has 2 atom stereocenters. The van der Waals surface area contributed by atoms with Crippen LogP contribution in [0, 0.1) is 6.92 Å². The first-order valence-electron chi connectivity index (χ1n) is 6.68. The molecule has 0 aliphatic heterocycles. The van der Waals surface area contributed by atoms with Crippen LogP contribution >= 0.6 is 27.3 Å². The van der Waals surface area contributed by atoms with E-state index in [1.54, 1.807) is 0 Å². The minimum absolute atomic E-state index is 0.396. The zero-order valence-electron chi connectivity index (χ0n) is 11.6. The van der Waals surface area contributed by atoms with E-state index in [4.69, 9.17) is 0 Å². The van der Waals surface area contributed by atoms with Crippen molar-refractivity contribution >= 4 is 27.3 Å². The quantitative estimate of drug-likeness (QED) is 0.746. The van der Waals surface area contributed by atoms with Crippen LogP contribution in [0.4, 0.5) is 0 Å². The lowest BCUT2D eigenvalue weighted by molar-refractivity contribution is 0.460. The summed E-state index contributed by atoms with van der Waals surface area (Å²) in [5, 5.41) is 3.73. The SMILES string of the molecule is CCC(NC(C)c1ccc(C)s1)c1ccc(Br)cc1. The number of halogens is 1. The summed E-state index contributed by atoms with van der Waals surface area (Å²) >= 11 is 5.36. The molecular formula is C16H20BrNS. The maximum Gasteiger partial charge on any atom is 0.0391 e. The Bertz CT molecular complexity index is 518. The number of hydrogen-bond donors (Lipinski definition) is 1. The Morgan fingerprint density at radius 2 is 1.84 bits per heavy atom. The summed E-state index contributed by atoms with van der Waals surface area (Å²) in [4.78, 5) is 2.79. The van der Waals surface area contributed by atoms with Gasteiger partial charge in [0.25, 0.3) is 0 Å². The van der Waals surface area contributed by atoms with E-state index >= 15 is 0 Å². The highest BCUT2D eigenvalue weighted by molar-refractivity contribution is 9.10. The van der Waals surface area contributed by atoms with Gasteiger partial charge in [-0.25, -0.2) is 0 Å². The van der Waals surface area contributed by atoms with Crippen molar-refractivity contribution in [2.24, 2.45) is 0 Å². The lowest BCUT2D eigenvalue weighted by atomic mass is 10.0. The summed E-state index contributed by atoms with van der Waals surface area (Å²) < 4.78 is 1.13. The molecule has 0 saturated carbocycles. The summed E-state index contributed by atoms with van der Waals surface area (Å²) in [6, 6.07) is 13.8. The van der Waals surface area contributed by atoms with E-state index in [0.717, 1.165) is 10.9 Å². The van der Waals surface area contributed by atoms with Gasteiger partial charge in [0, 0.05) is 26.3 Å². The number of rotatable bonds is 5. The van der Waals surface area contributed by atoms with Crippen LogP contribution in [0.25, 0.3) is 0 Å². The zero-order valence-corrected chi connectivity index (χ0v) is 14.0. The van der Waals surface area contributed by atoms with E-state index in [-0.39, 0.29) is 0 Å². The fourth-order valence-electron chi connectivity index (χ4n) is 2.21. The molecule has 2 unspecified atom stereocenters. The fraction of sp³-hybridized carbons (Fsp3) is 0.375. The number of aryl methyl sites for hydroxylation is 1. The van der Waals surface area contributed by atoms with Gasteiger partial charge in [0.1, 0.15) is 0 Å². The first-order chi connectivity index (χ1) is 9.10. The van der Waals surface area contributed by atoms with Gasteiger partial charge in [-0.1, -0.05) is 35.0 Å². The summed E-state index contributed by atoms with van der Waals surface area (Å²) in [5.74, 6) is 0. The lowest BCUT2D eigenvalue weighted by Gasteiger charge is -2.22. The van der Waals surface area contributed by atoms with Crippen molar-refractivity contribution in [3.8, 4) is 0 Å². The molecule has 0 aliphatic carbocycles. The fourth-order valence-corrected chi connectivity index (χ4v) is 3.37. The maximum absolute atomic E-state index is 3.73. The molecule has 1 aromatic heterocycles. The predicted octanol–water partition coefficient (Wildman–Crippen LogP) is 5.62. The largest absolute Gasteiger partial charge is 0.303 e. The molecule has 0 spiro atoms. The third-order valence-corrected chi connectivity index (χ3v) is 5.03. The van der Waals surface area contributed by atoms with Crippen molar-refractivity contribution in [1.29, 1.82) is 0 Å². The maximum atomic E-state index is 3.73. The Morgan fingerprint density at radius 1 is 1.16 bits per heavy atom. The molecular weight excluding hydrogens is 318 g/mol. The molecule has 0 aliphatic rings. The van der Waals surface area contributed by atoms with Crippen molar-refractivity contribution < 1.29 is 0 Å². The first kappa shape index (κ1) is 14.8. The van der Waals surface area contributed by atoms with Crippen LogP contribution in [0.2, 0.25) is 0 Å². The Balaban J connectivity index is 2.08. The summed E-state index contributed by atoms with van der Waals surface area (Å²) in [6.07, 6.45) is 1.09. The number of nitrogens with one attached hydrogen (secondary N) is 1. The Labute approximate surface area is 128 Å². The van der Waals surface area contributed by atoms with Crippen LogP contribution in [-0.4, -0.2) is 0 Å². The molecule has 3 heteroatoms. The highest BCUT2D eigenvalue weighted by Gasteiger charge is 2.14. The molecule has 0 saturated heterocycles. The Morgan fingerprint density at radius 3 is 2.37 bits per heavy atom. The van der Waals surface area contributed by atoms with Crippen LogP contribution in [0.1, 0.15) is 47.7 Å². The van der Waals surface area contributed by atoms with E-state index in [1.165, 1.54) is 15.3 Å². The van der Waals surface area contributed by atoms with E-state index in [2.05, 4.69) is 78.4 Å². The standard InChI is InChI=1S/C16H20BrNS/c1-4-15(13-6-8-14(17)9-7-13)18-12(3)16-10-5-11(2)19-16/h5-10,12,15,18H,4H2,1-3H3. The molecule has 2 rings (SSSR count). The van der Waals surface area contributed by atoms with Gasteiger partial charge in [-0.05, 0) is 50.1 Å². The zero-order chi connectivity index (χ0) is 13.8. The number of hydrogen-bond acceptors (Lipinski definition) is 2. The number of benzene rings is 1. The Hall–Kier alpha value is -0.640. The average molecular weight is 338 g/mol. The van der Waals surface area contributed by atoms with Crippen molar-refractivity contribution in [3.05, 3.63) is 56.2 Å². The van der Waals surface area contributed by atoms with Crippen LogP contribution in [0.5, 0.6) is 0 Å². The Kier molecular flexibility index (Phi) is 5.20. The molecule has 0 bridgehead atoms. The average Bonchev–Trinajstić information content (AvgIpc) is 2.84. The molecule has 2 aromatic rings. The minimum Gasteiger partial charge on any atom is -0.303 e. The summed E-state index contributed by atoms with van der Waals surface area (Å²) in [5.41, 5.74) is 1.35. The molecule has 0 fully saturated rings. The van der Waals surface area contributed by atoms with Crippen molar-refractivity contribution in [1.82, 2.24) is 5.32 Å². The highest BCUT2D eigenvalue weighted by Crippen LogP contribution is 2.27. The summed E-state index contributed by atoms with van der Waals surface area (Å²) in [7, 11) is 0. The second-order valence-corrected chi connectivity index (χ2v) is 7.08. The third-order valence-electron chi connectivity index (χ3n) is 3.32. The van der Waals surface area contributed by atoms with Gasteiger partial charge < -0.3 is 5.32 Å². The van der Waals surface area contributed by atoms with Crippen molar-refractivity contribution in [2.75, 3.05) is 0 Å². The van der Waals surface area contributed by atoms with Gasteiger partial charge in [0.2, 0.25) is 0 Å². The van der Waals surface area contributed by atoms with Gasteiger partial charge in [-0.2, -0.15) is 0 Å². The van der Waals surface area contributed by atoms with Crippen molar-refractivity contribution in [2.45, 2.75) is 39.3 Å². The normalized spacial score (nSPS) is 14.3. The van der Waals surface area contributed by atoms with Gasteiger partial charge in [-0.15, -0.1) is 11.3 Å². The first-order valence-corrected chi connectivity index (χ1v) is 8.29. The van der Waals surface area contributed by atoms with E-state index in [1.807, 2.05) is 11.3 Å². The van der Waals surface area contributed by atoms with Crippen molar-refractivity contribution in [3.63, 3.8) is 0 Å². The second-order valence-electron chi connectivity index (χ2n) is 4.85. The lowest BCUT2D eigenvalue weighted by Crippen LogP contribution is -2.23. The minimum atomic E-state index is 0.396. The molecule has 102 valence electrons. The molecule has 1 aromatic carbocycles. The topological polar surface area (TPSA) is 12.0 Å². The van der Waals surface area contributed by atoms with Crippen LogP contribution in [0.15, 0.2) is 40.9 Å². The summed E-state index contributed by atoms with van der Waals surface area (Å²) in [6.45, 7) is 6.63. The molecule has 1 nitrogen and oxygen atoms in total. The van der Waals surface area contributed by atoms with Crippen LogP contribution in [0.3, 0.4) is 0 Å². The van der Waals surface area contributed by atoms with E-state index in [0.29, 0.717) is 12.1 Å².